The molecule has 6 heteroatoms. The summed E-state index contributed by atoms with van der Waals surface area (Å²) < 4.78 is 27.4. The number of nitrogens with zero attached hydrogens (tertiary/aromatic N) is 1. The molecule has 134 valence electrons. The van der Waals surface area contributed by atoms with Gasteiger partial charge in [-0.15, -0.1) is 0 Å². The van der Waals surface area contributed by atoms with E-state index in [1.54, 1.807) is 36.5 Å². The van der Waals surface area contributed by atoms with Crippen LogP contribution in [-0.4, -0.2) is 13.4 Å². The van der Waals surface area contributed by atoms with E-state index in [0.717, 1.165) is 16.8 Å². The Morgan fingerprint density at radius 1 is 0.962 bits per heavy atom. The minimum Gasteiger partial charge on any atom is -0.377 e. The van der Waals surface area contributed by atoms with E-state index >= 15 is 0 Å². The third kappa shape index (κ3) is 4.40. The van der Waals surface area contributed by atoms with E-state index in [-0.39, 0.29) is 16.8 Å². The molecule has 1 unspecified atom stereocenters. The molecule has 3 aromatic rings. The summed E-state index contributed by atoms with van der Waals surface area (Å²) in [6.45, 7) is 3.91. The molecule has 3 rings (SSSR count). The lowest BCUT2D eigenvalue weighted by Crippen LogP contribution is -2.14. The summed E-state index contributed by atoms with van der Waals surface area (Å²) in [5.41, 5.74) is 2.87. The third-order valence-electron chi connectivity index (χ3n) is 3.98. The van der Waals surface area contributed by atoms with Crippen molar-refractivity contribution >= 4 is 21.5 Å². The molecule has 0 bridgehead atoms. The number of anilines is 2. The smallest absolute Gasteiger partial charge is 0.263 e. The number of benzene rings is 2. The minimum atomic E-state index is -3.65. The van der Waals surface area contributed by atoms with Gasteiger partial charge < -0.3 is 5.32 Å². The molecule has 0 radical (unpaired) electrons. The number of pyridine rings is 1. The number of nitrogens with one attached hydrogen (secondary N) is 2. The van der Waals surface area contributed by atoms with Gasteiger partial charge in [0.1, 0.15) is 5.82 Å². The fourth-order valence-electron chi connectivity index (χ4n) is 2.59. The SMILES string of the molecule is Cc1cccc(S(=O)(=O)Nc2ccc(NC(C)c3ccccc3)cn2)c1. The quantitative estimate of drug-likeness (QED) is 0.679. The molecule has 26 heavy (non-hydrogen) atoms. The van der Waals surface area contributed by atoms with Crippen molar-refractivity contribution in [2.24, 2.45) is 0 Å². The normalized spacial score (nSPS) is 12.4. The lowest BCUT2D eigenvalue weighted by Gasteiger charge is -2.15. The first-order chi connectivity index (χ1) is 12.4. The largest absolute Gasteiger partial charge is 0.377 e. The van der Waals surface area contributed by atoms with Gasteiger partial charge in [0.05, 0.1) is 16.8 Å². The summed E-state index contributed by atoms with van der Waals surface area (Å²) in [5.74, 6) is 0.282. The molecule has 0 amide bonds. The van der Waals surface area contributed by atoms with Gasteiger partial charge in [-0.2, -0.15) is 0 Å². The predicted octanol–water partition coefficient (Wildman–Crippen LogP) is 4.36. The van der Waals surface area contributed by atoms with Gasteiger partial charge in [0.15, 0.2) is 0 Å². The zero-order valence-corrected chi connectivity index (χ0v) is 15.5. The molecular weight excluding hydrogens is 346 g/mol. The molecule has 0 spiro atoms. The second-order valence-electron chi connectivity index (χ2n) is 6.13. The maximum Gasteiger partial charge on any atom is 0.263 e. The first kappa shape index (κ1) is 17.9. The molecule has 1 atom stereocenters. The summed E-state index contributed by atoms with van der Waals surface area (Å²) in [7, 11) is -3.65. The Hall–Kier alpha value is -2.86. The van der Waals surface area contributed by atoms with Gasteiger partial charge >= 0.3 is 0 Å². The summed E-state index contributed by atoms with van der Waals surface area (Å²) in [6.07, 6.45) is 1.62. The number of rotatable bonds is 6. The van der Waals surface area contributed by atoms with Gasteiger partial charge in [-0.25, -0.2) is 13.4 Å². The topological polar surface area (TPSA) is 71.1 Å². The van der Waals surface area contributed by atoms with Crippen LogP contribution in [0.25, 0.3) is 0 Å². The van der Waals surface area contributed by atoms with Crippen LogP contribution in [-0.2, 0) is 10.0 Å². The average molecular weight is 367 g/mol. The van der Waals surface area contributed by atoms with E-state index in [1.807, 2.05) is 31.2 Å². The van der Waals surface area contributed by atoms with Crippen LogP contribution in [0.4, 0.5) is 11.5 Å². The third-order valence-corrected chi connectivity index (χ3v) is 5.34. The highest BCUT2D eigenvalue weighted by atomic mass is 32.2. The number of hydrogen-bond donors (Lipinski definition) is 2. The second-order valence-corrected chi connectivity index (χ2v) is 7.81. The molecule has 0 saturated heterocycles. The van der Waals surface area contributed by atoms with Gasteiger partial charge in [0, 0.05) is 6.04 Å². The van der Waals surface area contributed by atoms with E-state index < -0.39 is 10.0 Å². The van der Waals surface area contributed by atoms with Crippen LogP contribution in [0.15, 0.2) is 77.8 Å². The van der Waals surface area contributed by atoms with Crippen molar-refractivity contribution in [3.8, 4) is 0 Å². The highest BCUT2D eigenvalue weighted by Gasteiger charge is 2.15. The Bertz CT molecular complexity index is 971. The molecule has 1 heterocycles. The van der Waals surface area contributed by atoms with Crippen LogP contribution in [0, 0.1) is 6.92 Å². The summed E-state index contributed by atoms with van der Waals surface area (Å²) >= 11 is 0. The van der Waals surface area contributed by atoms with Crippen molar-refractivity contribution < 1.29 is 8.42 Å². The van der Waals surface area contributed by atoms with Crippen LogP contribution >= 0.6 is 0 Å². The second kappa shape index (κ2) is 7.58. The highest BCUT2D eigenvalue weighted by molar-refractivity contribution is 7.92. The fourth-order valence-corrected chi connectivity index (χ4v) is 3.71. The Kier molecular flexibility index (Phi) is 5.23. The van der Waals surface area contributed by atoms with Crippen molar-refractivity contribution in [3.63, 3.8) is 0 Å². The highest BCUT2D eigenvalue weighted by Crippen LogP contribution is 2.20. The average Bonchev–Trinajstić information content (AvgIpc) is 2.64. The van der Waals surface area contributed by atoms with Crippen molar-refractivity contribution in [2.75, 3.05) is 10.0 Å². The van der Waals surface area contributed by atoms with Crippen molar-refractivity contribution in [3.05, 3.63) is 84.1 Å². The van der Waals surface area contributed by atoms with Crippen LogP contribution in [0.3, 0.4) is 0 Å². The molecule has 0 aliphatic heterocycles. The van der Waals surface area contributed by atoms with Crippen LogP contribution in [0.5, 0.6) is 0 Å². The van der Waals surface area contributed by atoms with Gasteiger partial charge in [-0.3, -0.25) is 4.72 Å². The lowest BCUT2D eigenvalue weighted by molar-refractivity contribution is 0.601. The molecule has 0 aliphatic rings. The maximum atomic E-state index is 12.4. The summed E-state index contributed by atoms with van der Waals surface area (Å²) in [4.78, 5) is 4.43. The number of sulfonamides is 1. The molecule has 5 nitrogen and oxygen atoms in total. The fraction of sp³-hybridized carbons (Fsp3) is 0.150. The van der Waals surface area contributed by atoms with E-state index in [2.05, 4.69) is 34.1 Å². The monoisotopic (exact) mass is 367 g/mol. The van der Waals surface area contributed by atoms with Crippen LogP contribution in [0.1, 0.15) is 24.1 Å². The molecule has 2 N–H and O–H groups in total. The Balaban J connectivity index is 1.70. The lowest BCUT2D eigenvalue weighted by atomic mass is 10.1. The van der Waals surface area contributed by atoms with Gasteiger partial charge in [-0.05, 0) is 49.2 Å². The zero-order valence-electron chi connectivity index (χ0n) is 14.7. The van der Waals surface area contributed by atoms with E-state index in [9.17, 15) is 8.42 Å². The predicted molar refractivity (Wildman–Crippen MR) is 105 cm³/mol. The van der Waals surface area contributed by atoms with E-state index in [4.69, 9.17) is 0 Å². The molecular formula is C20H21N3O2S. The molecule has 0 saturated carbocycles. The van der Waals surface area contributed by atoms with Crippen LogP contribution < -0.4 is 10.0 Å². The standard InChI is InChI=1S/C20H21N3O2S/c1-15-7-6-10-19(13-15)26(24,25)23-20-12-11-18(14-21-20)22-16(2)17-8-4-3-5-9-17/h3-14,16,22H,1-2H3,(H,21,23). The van der Waals surface area contributed by atoms with Gasteiger partial charge in [-0.1, -0.05) is 42.5 Å². The van der Waals surface area contributed by atoms with Gasteiger partial charge in [0.2, 0.25) is 0 Å². The first-order valence-corrected chi connectivity index (χ1v) is 9.79. The Morgan fingerprint density at radius 3 is 2.38 bits per heavy atom. The van der Waals surface area contributed by atoms with E-state index in [1.165, 1.54) is 0 Å². The van der Waals surface area contributed by atoms with E-state index in [0.29, 0.717) is 0 Å². The Morgan fingerprint density at radius 2 is 1.73 bits per heavy atom. The summed E-state index contributed by atoms with van der Waals surface area (Å²) in [6, 6.07) is 20.4. The molecule has 0 aliphatic carbocycles. The minimum absolute atomic E-state index is 0.118. The van der Waals surface area contributed by atoms with Crippen molar-refractivity contribution in [2.45, 2.75) is 24.8 Å². The van der Waals surface area contributed by atoms with Crippen molar-refractivity contribution in [1.82, 2.24) is 4.98 Å². The first-order valence-electron chi connectivity index (χ1n) is 8.31. The Labute approximate surface area is 154 Å². The molecule has 2 aromatic carbocycles. The van der Waals surface area contributed by atoms with Crippen LogP contribution in [0.2, 0.25) is 0 Å². The number of aryl methyl sites for hydroxylation is 1. The zero-order chi connectivity index (χ0) is 18.6. The van der Waals surface area contributed by atoms with Gasteiger partial charge in [0.25, 0.3) is 10.0 Å². The molecule has 1 aromatic heterocycles. The number of hydrogen-bond acceptors (Lipinski definition) is 4. The van der Waals surface area contributed by atoms with Crippen molar-refractivity contribution in [1.29, 1.82) is 0 Å². The molecule has 0 fully saturated rings. The summed E-state index contributed by atoms with van der Waals surface area (Å²) in [5, 5.41) is 3.35. The number of aromatic nitrogens is 1. The maximum absolute atomic E-state index is 12.4.